The maximum Gasteiger partial charge on any atom is 0.176 e. The van der Waals surface area contributed by atoms with Crippen LogP contribution < -0.4 is 0 Å². The lowest BCUT2D eigenvalue weighted by Crippen LogP contribution is -2.05. The molecule has 2 rings (SSSR count). The van der Waals surface area contributed by atoms with E-state index >= 15 is 0 Å². The second-order valence-corrected chi connectivity index (χ2v) is 5.56. The molecule has 2 aromatic carbocycles. The van der Waals surface area contributed by atoms with E-state index < -0.39 is 5.82 Å². The molecule has 0 N–H and O–H groups in total. The molecule has 0 heterocycles. The number of aryl methyl sites for hydroxylation is 2. The van der Waals surface area contributed by atoms with Gasteiger partial charge in [-0.15, -0.1) is 11.8 Å². The Kier molecular flexibility index (Phi) is 4.38. The predicted octanol–water partition coefficient (Wildman–Crippen LogP) is 4.42. The first-order valence-electron chi connectivity index (χ1n) is 6.05. The summed E-state index contributed by atoms with van der Waals surface area (Å²) in [5, 5.41) is 0. The summed E-state index contributed by atoms with van der Waals surface area (Å²) in [5.41, 5.74) is 2.23. The number of hydrogen-bond acceptors (Lipinski definition) is 2. The molecular weight excluding hydrogens is 259 g/mol. The van der Waals surface area contributed by atoms with Crippen molar-refractivity contribution in [2.24, 2.45) is 0 Å². The monoisotopic (exact) mass is 274 g/mol. The van der Waals surface area contributed by atoms with Gasteiger partial charge in [0.1, 0.15) is 5.82 Å². The molecule has 0 bridgehead atoms. The highest BCUT2D eigenvalue weighted by atomic mass is 32.2. The SMILES string of the molecule is Cc1cccc(SCC(=O)c2cc(C)ccc2F)c1. The molecule has 0 aliphatic heterocycles. The van der Waals surface area contributed by atoms with Crippen LogP contribution in [0.2, 0.25) is 0 Å². The third kappa shape index (κ3) is 3.67. The van der Waals surface area contributed by atoms with E-state index in [-0.39, 0.29) is 17.1 Å². The molecule has 1 nitrogen and oxygen atoms in total. The Morgan fingerprint density at radius 3 is 2.58 bits per heavy atom. The normalized spacial score (nSPS) is 10.5. The first-order chi connectivity index (χ1) is 9.06. The summed E-state index contributed by atoms with van der Waals surface area (Å²) < 4.78 is 13.6. The van der Waals surface area contributed by atoms with Crippen LogP contribution in [0, 0.1) is 19.7 Å². The molecule has 0 aliphatic carbocycles. The minimum Gasteiger partial charge on any atom is -0.293 e. The zero-order chi connectivity index (χ0) is 13.8. The van der Waals surface area contributed by atoms with E-state index in [9.17, 15) is 9.18 Å². The largest absolute Gasteiger partial charge is 0.293 e. The summed E-state index contributed by atoms with van der Waals surface area (Å²) in [6.07, 6.45) is 0. The fourth-order valence-corrected chi connectivity index (χ4v) is 2.68. The van der Waals surface area contributed by atoms with Crippen LogP contribution >= 0.6 is 11.8 Å². The lowest BCUT2D eigenvalue weighted by atomic mass is 10.1. The Bertz CT molecular complexity index is 607. The number of carbonyl (C=O) groups is 1. The number of carbonyl (C=O) groups excluding carboxylic acids is 1. The summed E-state index contributed by atoms with van der Waals surface area (Å²) in [7, 11) is 0. The van der Waals surface area contributed by atoms with E-state index in [0.717, 1.165) is 16.0 Å². The van der Waals surface area contributed by atoms with Crippen molar-refractivity contribution in [3.8, 4) is 0 Å². The molecule has 19 heavy (non-hydrogen) atoms. The van der Waals surface area contributed by atoms with Gasteiger partial charge in [0.15, 0.2) is 5.78 Å². The van der Waals surface area contributed by atoms with Gasteiger partial charge in [-0.3, -0.25) is 4.79 Å². The highest BCUT2D eigenvalue weighted by Crippen LogP contribution is 2.21. The van der Waals surface area contributed by atoms with Crippen LogP contribution in [0.25, 0.3) is 0 Å². The van der Waals surface area contributed by atoms with Crippen molar-refractivity contribution in [3.05, 3.63) is 65.0 Å². The van der Waals surface area contributed by atoms with Gasteiger partial charge >= 0.3 is 0 Å². The van der Waals surface area contributed by atoms with Gasteiger partial charge in [-0.05, 0) is 38.1 Å². The minimum absolute atomic E-state index is 0.173. The van der Waals surface area contributed by atoms with E-state index in [2.05, 4.69) is 0 Å². The zero-order valence-corrected chi connectivity index (χ0v) is 11.8. The van der Waals surface area contributed by atoms with Crippen LogP contribution in [-0.4, -0.2) is 11.5 Å². The average Bonchev–Trinajstić information content (AvgIpc) is 2.39. The van der Waals surface area contributed by atoms with Crippen molar-refractivity contribution < 1.29 is 9.18 Å². The first-order valence-corrected chi connectivity index (χ1v) is 7.03. The molecule has 0 fully saturated rings. The lowest BCUT2D eigenvalue weighted by molar-refractivity contribution is 0.101. The Morgan fingerprint density at radius 2 is 1.84 bits per heavy atom. The van der Waals surface area contributed by atoms with E-state index in [1.807, 2.05) is 38.1 Å². The van der Waals surface area contributed by atoms with E-state index in [4.69, 9.17) is 0 Å². The van der Waals surface area contributed by atoms with Crippen molar-refractivity contribution in [3.63, 3.8) is 0 Å². The molecule has 2 aromatic rings. The smallest absolute Gasteiger partial charge is 0.176 e. The number of thioether (sulfide) groups is 1. The van der Waals surface area contributed by atoms with Gasteiger partial charge in [0.2, 0.25) is 0 Å². The molecule has 0 spiro atoms. The van der Waals surface area contributed by atoms with E-state index in [0.29, 0.717) is 0 Å². The van der Waals surface area contributed by atoms with Gasteiger partial charge < -0.3 is 0 Å². The predicted molar refractivity (Wildman–Crippen MR) is 77.4 cm³/mol. The van der Waals surface area contributed by atoms with Crippen LogP contribution in [0.15, 0.2) is 47.4 Å². The van der Waals surface area contributed by atoms with Crippen LogP contribution in [0.1, 0.15) is 21.5 Å². The maximum atomic E-state index is 13.6. The fourth-order valence-electron chi connectivity index (χ4n) is 1.78. The molecule has 0 aliphatic rings. The molecule has 0 saturated carbocycles. The van der Waals surface area contributed by atoms with Crippen molar-refractivity contribution >= 4 is 17.5 Å². The number of hydrogen-bond donors (Lipinski definition) is 0. The van der Waals surface area contributed by atoms with Gasteiger partial charge in [0.25, 0.3) is 0 Å². The fraction of sp³-hybridized carbons (Fsp3) is 0.188. The molecule has 98 valence electrons. The van der Waals surface area contributed by atoms with Gasteiger partial charge in [0.05, 0.1) is 11.3 Å². The van der Waals surface area contributed by atoms with Crippen LogP contribution in [0.4, 0.5) is 4.39 Å². The van der Waals surface area contributed by atoms with Gasteiger partial charge in [-0.2, -0.15) is 0 Å². The third-order valence-electron chi connectivity index (χ3n) is 2.78. The molecule has 0 amide bonds. The molecule has 0 unspecified atom stereocenters. The Balaban J connectivity index is 2.07. The lowest BCUT2D eigenvalue weighted by Gasteiger charge is -2.05. The summed E-state index contributed by atoms with van der Waals surface area (Å²) in [4.78, 5) is 13.0. The second-order valence-electron chi connectivity index (χ2n) is 4.51. The topological polar surface area (TPSA) is 17.1 Å². The van der Waals surface area contributed by atoms with Crippen LogP contribution in [0.5, 0.6) is 0 Å². The summed E-state index contributed by atoms with van der Waals surface area (Å²) >= 11 is 1.44. The number of rotatable bonds is 4. The van der Waals surface area contributed by atoms with Gasteiger partial charge in [0, 0.05) is 4.90 Å². The van der Waals surface area contributed by atoms with Crippen molar-refractivity contribution in [2.75, 3.05) is 5.75 Å². The maximum absolute atomic E-state index is 13.6. The number of ketones is 1. The highest BCUT2D eigenvalue weighted by molar-refractivity contribution is 8.00. The van der Waals surface area contributed by atoms with Crippen LogP contribution in [0.3, 0.4) is 0 Å². The Hall–Kier alpha value is -1.61. The summed E-state index contributed by atoms with van der Waals surface area (Å²) in [6, 6.07) is 12.6. The summed E-state index contributed by atoms with van der Waals surface area (Å²) in [5.74, 6) is -0.364. The number of halogens is 1. The molecule has 0 saturated heterocycles. The summed E-state index contributed by atoms with van der Waals surface area (Å²) in [6.45, 7) is 3.86. The average molecular weight is 274 g/mol. The Labute approximate surface area is 116 Å². The van der Waals surface area contributed by atoms with Crippen molar-refractivity contribution in [1.82, 2.24) is 0 Å². The molecule has 0 radical (unpaired) electrons. The number of Topliss-reactive ketones (excluding diaryl/α,β-unsaturated/α-hetero) is 1. The molecule has 0 aromatic heterocycles. The standard InChI is InChI=1S/C16H15FOS/c1-11-4-3-5-13(8-11)19-10-16(18)14-9-12(2)6-7-15(14)17/h3-9H,10H2,1-2H3. The van der Waals surface area contributed by atoms with E-state index in [1.54, 1.807) is 12.1 Å². The van der Waals surface area contributed by atoms with Gasteiger partial charge in [-0.25, -0.2) is 4.39 Å². The third-order valence-corrected chi connectivity index (χ3v) is 3.78. The van der Waals surface area contributed by atoms with E-state index in [1.165, 1.54) is 17.8 Å². The van der Waals surface area contributed by atoms with Crippen molar-refractivity contribution in [1.29, 1.82) is 0 Å². The second kappa shape index (κ2) is 6.02. The highest BCUT2D eigenvalue weighted by Gasteiger charge is 2.12. The zero-order valence-electron chi connectivity index (χ0n) is 10.9. The number of benzene rings is 2. The molecular formula is C16H15FOS. The van der Waals surface area contributed by atoms with Gasteiger partial charge in [-0.1, -0.05) is 29.3 Å². The minimum atomic E-state index is -0.444. The molecule has 0 atom stereocenters. The van der Waals surface area contributed by atoms with Crippen molar-refractivity contribution in [2.45, 2.75) is 18.7 Å². The molecule has 3 heteroatoms. The Morgan fingerprint density at radius 1 is 1.11 bits per heavy atom. The van der Waals surface area contributed by atoms with Crippen LogP contribution in [-0.2, 0) is 0 Å². The quantitative estimate of drug-likeness (QED) is 0.606. The first kappa shape index (κ1) is 13.8.